The maximum absolute atomic E-state index is 12.1. The molecular weight excluding hydrogens is 410 g/mol. The molecule has 3 rings (SSSR count). The Balaban J connectivity index is 1.76. The number of fused-ring (bicyclic) bond motifs is 1. The van der Waals surface area contributed by atoms with Crippen LogP contribution in [0.5, 0.6) is 0 Å². The fraction of sp³-hybridized carbons (Fsp3) is 0.125. The van der Waals surface area contributed by atoms with Crippen LogP contribution in [0.25, 0.3) is 5.65 Å². The van der Waals surface area contributed by atoms with E-state index in [4.69, 9.17) is 0 Å². The third kappa shape index (κ3) is 3.23. The van der Waals surface area contributed by atoms with Gasteiger partial charge in [-0.1, -0.05) is 22.0 Å². The summed E-state index contributed by atoms with van der Waals surface area (Å²) >= 11 is 6.83. The number of aryl methyl sites for hydroxylation is 1. The quantitative estimate of drug-likeness (QED) is 0.690. The fourth-order valence-corrected chi connectivity index (χ4v) is 3.23. The Morgan fingerprint density at radius 2 is 2.05 bits per heavy atom. The summed E-state index contributed by atoms with van der Waals surface area (Å²) in [6.45, 7) is 2.40. The van der Waals surface area contributed by atoms with Crippen LogP contribution < -0.4 is 5.32 Å². The van der Waals surface area contributed by atoms with Crippen LogP contribution in [0, 0.1) is 6.92 Å². The predicted molar refractivity (Wildman–Crippen MR) is 92.9 cm³/mol. The fourth-order valence-electron chi connectivity index (χ4n) is 2.26. The van der Waals surface area contributed by atoms with Crippen molar-refractivity contribution in [3.05, 3.63) is 68.5 Å². The van der Waals surface area contributed by atoms with E-state index in [1.54, 1.807) is 12.1 Å². The van der Waals surface area contributed by atoms with Crippen LogP contribution >= 0.6 is 31.9 Å². The summed E-state index contributed by atoms with van der Waals surface area (Å²) in [5.41, 5.74) is 3.43. The summed E-state index contributed by atoms with van der Waals surface area (Å²) in [6.07, 6.45) is 3.88. The van der Waals surface area contributed by atoms with Crippen molar-refractivity contribution in [3.63, 3.8) is 0 Å². The van der Waals surface area contributed by atoms with Crippen molar-refractivity contribution in [2.45, 2.75) is 13.5 Å². The number of carbonyl (C=O) groups excluding carboxylic acids is 1. The number of amides is 1. The van der Waals surface area contributed by atoms with Crippen LogP contribution in [0.4, 0.5) is 0 Å². The molecular formula is C16H13Br2N3O. The number of hydrogen-bond donors (Lipinski definition) is 1. The van der Waals surface area contributed by atoms with Crippen molar-refractivity contribution in [3.8, 4) is 0 Å². The van der Waals surface area contributed by atoms with Crippen LogP contribution in [0.15, 0.2) is 51.7 Å². The number of hydrogen-bond acceptors (Lipinski definition) is 2. The molecule has 0 fully saturated rings. The topological polar surface area (TPSA) is 46.4 Å². The van der Waals surface area contributed by atoms with Gasteiger partial charge in [0.25, 0.3) is 5.91 Å². The summed E-state index contributed by atoms with van der Waals surface area (Å²) in [4.78, 5) is 16.7. The van der Waals surface area contributed by atoms with Crippen molar-refractivity contribution >= 4 is 43.4 Å². The minimum atomic E-state index is -0.115. The van der Waals surface area contributed by atoms with Gasteiger partial charge in [0.1, 0.15) is 5.65 Å². The molecule has 4 nitrogen and oxygen atoms in total. The third-order valence-electron chi connectivity index (χ3n) is 3.27. The van der Waals surface area contributed by atoms with Crippen LogP contribution in [-0.2, 0) is 6.54 Å². The van der Waals surface area contributed by atoms with Crippen molar-refractivity contribution < 1.29 is 4.79 Å². The van der Waals surface area contributed by atoms with Crippen molar-refractivity contribution in [2.75, 3.05) is 0 Å². The van der Waals surface area contributed by atoms with E-state index in [1.807, 2.05) is 41.9 Å². The first-order chi connectivity index (χ1) is 10.5. The first kappa shape index (κ1) is 15.2. The first-order valence-electron chi connectivity index (χ1n) is 6.70. The smallest absolute Gasteiger partial charge is 0.251 e. The number of nitrogens with zero attached hydrogens (tertiary/aromatic N) is 2. The Kier molecular flexibility index (Phi) is 4.31. The highest BCUT2D eigenvalue weighted by molar-refractivity contribution is 9.10. The maximum atomic E-state index is 12.1. The number of benzene rings is 1. The molecule has 1 aromatic carbocycles. The molecule has 1 amide bonds. The Morgan fingerprint density at radius 1 is 1.23 bits per heavy atom. The molecule has 0 aliphatic carbocycles. The van der Waals surface area contributed by atoms with Gasteiger partial charge in [-0.3, -0.25) is 4.79 Å². The molecule has 2 aromatic heterocycles. The molecule has 112 valence electrons. The zero-order valence-electron chi connectivity index (χ0n) is 11.8. The Labute approximate surface area is 144 Å². The SMILES string of the molecule is Cc1cc(Br)cn2cc(CNC(=O)c3cccc(Br)c3)nc12. The molecule has 0 spiro atoms. The van der Waals surface area contributed by atoms with Crippen molar-refractivity contribution in [2.24, 2.45) is 0 Å². The van der Waals surface area contributed by atoms with E-state index < -0.39 is 0 Å². The standard InChI is InChI=1S/C16H13Br2N3O/c1-10-5-13(18)8-21-9-14(20-15(10)21)7-19-16(22)11-3-2-4-12(17)6-11/h2-6,8-9H,7H2,1H3,(H,19,22). The summed E-state index contributed by atoms with van der Waals surface area (Å²) in [7, 11) is 0. The highest BCUT2D eigenvalue weighted by Crippen LogP contribution is 2.17. The van der Waals surface area contributed by atoms with E-state index in [2.05, 4.69) is 42.2 Å². The van der Waals surface area contributed by atoms with E-state index in [-0.39, 0.29) is 5.91 Å². The highest BCUT2D eigenvalue weighted by atomic mass is 79.9. The molecule has 3 aromatic rings. The first-order valence-corrected chi connectivity index (χ1v) is 8.29. The Hall–Kier alpha value is -1.66. The second-order valence-corrected chi connectivity index (χ2v) is 6.83. The van der Waals surface area contributed by atoms with Crippen molar-refractivity contribution in [1.82, 2.24) is 14.7 Å². The molecule has 0 radical (unpaired) electrons. The molecule has 2 heterocycles. The number of nitrogens with one attached hydrogen (secondary N) is 1. The van der Waals surface area contributed by atoms with Gasteiger partial charge < -0.3 is 9.72 Å². The highest BCUT2D eigenvalue weighted by Gasteiger charge is 2.09. The number of pyridine rings is 1. The Morgan fingerprint density at radius 3 is 2.82 bits per heavy atom. The molecule has 22 heavy (non-hydrogen) atoms. The van der Waals surface area contributed by atoms with Crippen LogP contribution in [0.1, 0.15) is 21.6 Å². The zero-order chi connectivity index (χ0) is 15.7. The van der Waals surface area contributed by atoms with Gasteiger partial charge in [-0.05, 0) is 52.7 Å². The number of imidazole rings is 1. The van der Waals surface area contributed by atoms with E-state index in [0.717, 1.165) is 25.8 Å². The van der Waals surface area contributed by atoms with E-state index in [9.17, 15) is 4.79 Å². The van der Waals surface area contributed by atoms with E-state index >= 15 is 0 Å². The van der Waals surface area contributed by atoms with Gasteiger partial charge in [0.15, 0.2) is 0 Å². The molecule has 0 unspecified atom stereocenters. The second kappa shape index (κ2) is 6.22. The average molecular weight is 423 g/mol. The predicted octanol–water partition coefficient (Wildman–Crippen LogP) is 4.10. The lowest BCUT2D eigenvalue weighted by molar-refractivity contribution is 0.0950. The number of rotatable bonds is 3. The summed E-state index contributed by atoms with van der Waals surface area (Å²) in [5, 5.41) is 2.89. The summed E-state index contributed by atoms with van der Waals surface area (Å²) < 4.78 is 3.84. The molecule has 0 bridgehead atoms. The summed E-state index contributed by atoms with van der Waals surface area (Å²) in [5.74, 6) is -0.115. The van der Waals surface area contributed by atoms with Crippen LogP contribution in [-0.4, -0.2) is 15.3 Å². The van der Waals surface area contributed by atoms with E-state index in [1.165, 1.54) is 0 Å². The van der Waals surface area contributed by atoms with Gasteiger partial charge in [0.2, 0.25) is 0 Å². The van der Waals surface area contributed by atoms with E-state index in [0.29, 0.717) is 12.1 Å². The largest absolute Gasteiger partial charge is 0.346 e. The zero-order valence-corrected chi connectivity index (χ0v) is 15.0. The van der Waals surface area contributed by atoms with Gasteiger partial charge in [0.05, 0.1) is 12.2 Å². The van der Waals surface area contributed by atoms with Gasteiger partial charge in [0, 0.05) is 26.9 Å². The minimum Gasteiger partial charge on any atom is -0.346 e. The molecule has 6 heteroatoms. The monoisotopic (exact) mass is 421 g/mol. The molecule has 1 N–H and O–H groups in total. The molecule has 0 saturated heterocycles. The average Bonchev–Trinajstić information content (AvgIpc) is 2.88. The van der Waals surface area contributed by atoms with Gasteiger partial charge in [-0.25, -0.2) is 4.98 Å². The van der Waals surface area contributed by atoms with Gasteiger partial charge in [-0.2, -0.15) is 0 Å². The molecule has 0 aliphatic rings. The second-order valence-electron chi connectivity index (χ2n) is 5.00. The maximum Gasteiger partial charge on any atom is 0.251 e. The normalized spacial score (nSPS) is 10.9. The minimum absolute atomic E-state index is 0.115. The summed E-state index contributed by atoms with van der Waals surface area (Å²) in [6, 6.07) is 9.32. The van der Waals surface area contributed by atoms with Crippen LogP contribution in [0.2, 0.25) is 0 Å². The molecule has 0 atom stereocenters. The lowest BCUT2D eigenvalue weighted by Crippen LogP contribution is -2.22. The number of halogens is 2. The lowest BCUT2D eigenvalue weighted by Gasteiger charge is -2.03. The number of aromatic nitrogens is 2. The van der Waals surface area contributed by atoms with Gasteiger partial charge >= 0.3 is 0 Å². The van der Waals surface area contributed by atoms with Gasteiger partial charge in [-0.15, -0.1) is 0 Å². The lowest BCUT2D eigenvalue weighted by atomic mass is 10.2. The molecule has 0 aliphatic heterocycles. The Bertz CT molecular complexity index is 858. The third-order valence-corrected chi connectivity index (χ3v) is 4.20. The van der Waals surface area contributed by atoms with Crippen molar-refractivity contribution in [1.29, 1.82) is 0 Å². The molecule has 0 saturated carbocycles. The van der Waals surface area contributed by atoms with Crippen LogP contribution in [0.3, 0.4) is 0 Å². The number of carbonyl (C=O) groups is 1.